The lowest BCUT2D eigenvalue weighted by atomic mass is 10.1. The fourth-order valence-electron chi connectivity index (χ4n) is 4.93. The predicted molar refractivity (Wildman–Crippen MR) is 147 cm³/mol. The molecule has 2 aromatic carbocycles. The fourth-order valence-corrected chi connectivity index (χ4v) is 5.05. The van der Waals surface area contributed by atoms with Gasteiger partial charge in [0.2, 0.25) is 11.8 Å². The van der Waals surface area contributed by atoms with E-state index in [1.807, 2.05) is 36.4 Å². The summed E-state index contributed by atoms with van der Waals surface area (Å²) in [6.45, 7) is 3.60. The highest BCUT2D eigenvalue weighted by Crippen LogP contribution is 2.27. The Labute approximate surface area is 223 Å². The summed E-state index contributed by atoms with van der Waals surface area (Å²) in [5, 5.41) is 7.49. The summed E-state index contributed by atoms with van der Waals surface area (Å²) >= 11 is 5.93. The Morgan fingerprint density at radius 2 is 1.70 bits per heavy atom. The predicted octanol–water partition coefficient (Wildman–Crippen LogP) is 5.73. The zero-order valence-electron chi connectivity index (χ0n) is 20.3. The number of likely N-dealkylation sites (tertiary alicyclic amines) is 1. The van der Waals surface area contributed by atoms with Gasteiger partial charge in [-0.2, -0.15) is 0 Å². The molecule has 0 aliphatic carbocycles. The quantitative estimate of drug-likeness (QED) is 0.409. The SMILES string of the molecule is C.O=C(Nc1cc(CCc2ccc(Cl)cc2)on1)[C@H]1CC(=O)N(c2ccc(CN3CCCCC3)cc2)C1. The molecule has 7 nitrogen and oxygen atoms in total. The van der Waals surface area contributed by atoms with Crippen molar-refractivity contribution in [2.75, 3.05) is 29.9 Å². The molecule has 0 bridgehead atoms. The van der Waals surface area contributed by atoms with Crippen LogP contribution in [0.25, 0.3) is 0 Å². The highest BCUT2D eigenvalue weighted by atomic mass is 35.5. The highest BCUT2D eigenvalue weighted by Gasteiger charge is 2.35. The van der Waals surface area contributed by atoms with Crippen LogP contribution in [0.5, 0.6) is 0 Å². The number of halogens is 1. The molecule has 0 unspecified atom stereocenters. The Bertz CT molecular complexity index is 1190. The van der Waals surface area contributed by atoms with Crippen molar-refractivity contribution in [3.63, 3.8) is 0 Å². The molecule has 8 heteroatoms. The second-order valence-electron chi connectivity index (χ2n) is 9.70. The molecule has 2 aliphatic heterocycles. The molecule has 2 fully saturated rings. The molecule has 3 aromatic rings. The van der Waals surface area contributed by atoms with Crippen molar-refractivity contribution < 1.29 is 14.1 Å². The molecule has 0 saturated carbocycles. The number of rotatable bonds is 8. The normalized spacial score (nSPS) is 18.0. The van der Waals surface area contributed by atoms with Crippen LogP contribution in [-0.4, -0.2) is 41.5 Å². The zero-order chi connectivity index (χ0) is 24.9. The van der Waals surface area contributed by atoms with Crippen LogP contribution < -0.4 is 10.2 Å². The highest BCUT2D eigenvalue weighted by molar-refractivity contribution is 6.30. The molecule has 1 atom stereocenters. The minimum Gasteiger partial charge on any atom is -0.359 e. The van der Waals surface area contributed by atoms with E-state index in [9.17, 15) is 9.59 Å². The van der Waals surface area contributed by atoms with Crippen molar-refractivity contribution >= 4 is 34.9 Å². The van der Waals surface area contributed by atoms with Gasteiger partial charge in [-0.3, -0.25) is 14.5 Å². The van der Waals surface area contributed by atoms with Crippen LogP contribution >= 0.6 is 11.6 Å². The monoisotopic (exact) mass is 522 g/mol. The Kier molecular flexibility index (Phi) is 9.00. The van der Waals surface area contributed by atoms with Crippen molar-refractivity contribution in [1.82, 2.24) is 10.1 Å². The van der Waals surface area contributed by atoms with Crippen molar-refractivity contribution in [3.8, 4) is 0 Å². The maximum Gasteiger partial charge on any atom is 0.231 e. The van der Waals surface area contributed by atoms with E-state index in [-0.39, 0.29) is 25.7 Å². The molecule has 2 aliphatic rings. The maximum absolute atomic E-state index is 12.8. The number of hydrogen-bond donors (Lipinski definition) is 1. The van der Waals surface area contributed by atoms with Gasteiger partial charge in [-0.1, -0.05) is 54.9 Å². The minimum atomic E-state index is -0.431. The summed E-state index contributed by atoms with van der Waals surface area (Å²) in [5.41, 5.74) is 3.23. The van der Waals surface area contributed by atoms with E-state index in [2.05, 4.69) is 27.5 Å². The van der Waals surface area contributed by atoms with Crippen molar-refractivity contribution in [1.29, 1.82) is 0 Å². The van der Waals surface area contributed by atoms with Crippen LogP contribution in [0, 0.1) is 5.92 Å². The van der Waals surface area contributed by atoms with E-state index in [1.165, 1.54) is 24.8 Å². The summed E-state index contributed by atoms with van der Waals surface area (Å²) in [4.78, 5) is 29.7. The number of benzene rings is 2. The van der Waals surface area contributed by atoms with Gasteiger partial charge in [0.05, 0.1) is 5.92 Å². The molecule has 37 heavy (non-hydrogen) atoms. The number of piperidine rings is 1. The van der Waals surface area contributed by atoms with Gasteiger partial charge in [-0.25, -0.2) is 0 Å². The van der Waals surface area contributed by atoms with E-state index >= 15 is 0 Å². The van der Waals surface area contributed by atoms with Gasteiger partial charge in [0, 0.05) is 42.7 Å². The molecule has 5 rings (SSSR count). The summed E-state index contributed by atoms with van der Waals surface area (Å²) in [6, 6.07) is 17.6. The first-order valence-corrected chi connectivity index (χ1v) is 13.0. The van der Waals surface area contributed by atoms with Gasteiger partial charge < -0.3 is 14.7 Å². The number of anilines is 2. The van der Waals surface area contributed by atoms with Gasteiger partial charge in [0.15, 0.2) is 5.82 Å². The van der Waals surface area contributed by atoms with E-state index in [0.29, 0.717) is 29.6 Å². The first-order valence-electron chi connectivity index (χ1n) is 12.7. The lowest BCUT2D eigenvalue weighted by molar-refractivity contribution is -0.122. The number of carbonyl (C=O) groups excluding carboxylic acids is 2. The molecular formula is C29H35ClN4O3. The maximum atomic E-state index is 12.8. The van der Waals surface area contributed by atoms with Gasteiger partial charge >= 0.3 is 0 Å². The Balaban J connectivity index is 0.00000320. The lowest BCUT2D eigenvalue weighted by Gasteiger charge is -2.26. The van der Waals surface area contributed by atoms with Crippen molar-refractivity contribution in [2.24, 2.45) is 5.92 Å². The number of aromatic nitrogens is 1. The average molecular weight is 523 g/mol. The third kappa shape index (κ3) is 6.99. The molecule has 0 spiro atoms. The second-order valence-corrected chi connectivity index (χ2v) is 10.1. The van der Waals surface area contributed by atoms with Crippen LogP contribution in [0.3, 0.4) is 0 Å². The number of amides is 2. The van der Waals surface area contributed by atoms with E-state index < -0.39 is 5.92 Å². The molecule has 1 N–H and O–H groups in total. The second kappa shape index (κ2) is 12.4. The van der Waals surface area contributed by atoms with Crippen LogP contribution in [-0.2, 0) is 29.0 Å². The third-order valence-electron chi connectivity index (χ3n) is 6.98. The Morgan fingerprint density at radius 1 is 1.00 bits per heavy atom. The summed E-state index contributed by atoms with van der Waals surface area (Å²) < 4.78 is 5.38. The van der Waals surface area contributed by atoms with Crippen LogP contribution in [0.4, 0.5) is 11.5 Å². The Hall–Kier alpha value is -3.16. The van der Waals surface area contributed by atoms with Crippen molar-refractivity contribution in [2.45, 2.75) is 52.5 Å². The first kappa shape index (κ1) is 26.9. The summed E-state index contributed by atoms with van der Waals surface area (Å²) in [6.07, 6.45) is 5.48. The summed E-state index contributed by atoms with van der Waals surface area (Å²) in [7, 11) is 0. The number of nitrogens with one attached hydrogen (secondary N) is 1. The number of aryl methyl sites for hydroxylation is 2. The smallest absolute Gasteiger partial charge is 0.231 e. The largest absolute Gasteiger partial charge is 0.359 e. The molecular weight excluding hydrogens is 488 g/mol. The Morgan fingerprint density at radius 3 is 2.43 bits per heavy atom. The third-order valence-corrected chi connectivity index (χ3v) is 7.23. The van der Waals surface area contributed by atoms with Crippen molar-refractivity contribution in [3.05, 3.63) is 76.5 Å². The number of hydrogen-bond acceptors (Lipinski definition) is 5. The van der Waals surface area contributed by atoms with Gasteiger partial charge in [-0.05, 0) is 67.7 Å². The van der Waals surface area contributed by atoms with Gasteiger partial charge in [0.1, 0.15) is 5.76 Å². The number of nitrogens with zero attached hydrogens (tertiary/aromatic N) is 3. The molecule has 0 radical (unpaired) electrons. The fraction of sp³-hybridized carbons (Fsp3) is 0.414. The lowest BCUT2D eigenvalue weighted by Crippen LogP contribution is -2.29. The number of carbonyl (C=O) groups is 2. The average Bonchev–Trinajstić information content (AvgIpc) is 3.51. The topological polar surface area (TPSA) is 78.7 Å². The first-order chi connectivity index (χ1) is 17.5. The van der Waals surface area contributed by atoms with E-state index in [4.69, 9.17) is 16.1 Å². The van der Waals surface area contributed by atoms with E-state index in [0.717, 1.165) is 37.3 Å². The van der Waals surface area contributed by atoms with Crippen LogP contribution in [0.1, 0.15) is 50.0 Å². The summed E-state index contributed by atoms with van der Waals surface area (Å²) in [5.74, 6) is 0.376. The van der Waals surface area contributed by atoms with Crippen LogP contribution in [0.2, 0.25) is 5.02 Å². The minimum absolute atomic E-state index is 0. The van der Waals surface area contributed by atoms with Gasteiger partial charge in [-0.15, -0.1) is 0 Å². The molecule has 2 amide bonds. The van der Waals surface area contributed by atoms with Gasteiger partial charge in [0.25, 0.3) is 0 Å². The molecule has 2 saturated heterocycles. The van der Waals surface area contributed by atoms with E-state index in [1.54, 1.807) is 11.0 Å². The molecule has 3 heterocycles. The molecule has 1 aromatic heterocycles. The standard InChI is InChI=1S/C28H31ClN4O3.CH4/c29-23-9-4-20(5-10-23)8-13-25-17-26(31-36-25)30-28(35)22-16-27(34)33(19-22)24-11-6-21(7-12-24)18-32-14-2-1-3-15-32;/h4-7,9-12,17,22H,1-3,8,13-16,18-19H2,(H,30,31,35);1H4/t22-;/m0./s1. The zero-order valence-corrected chi connectivity index (χ0v) is 21.0. The molecule has 196 valence electrons. The van der Waals surface area contributed by atoms with Crippen LogP contribution in [0.15, 0.2) is 59.1 Å².